The normalized spacial score (nSPS) is 30.6. The van der Waals surface area contributed by atoms with Gasteiger partial charge in [0.15, 0.2) is 29.1 Å². The SMILES string of the molecule is CC(C)(C)OC(=O)CCCCC[C@H](CC(=O)CN)C(=O)Nc1cccc(Cc2ccc([C@@H]3O[C@@H]4C[C@H]5[C@@H]6C[C@H](F)C7=CC(=O)C=C[C@]7(C)[C@@]6(F)[C@@H](O)C[C@]5(C)[C@]4(C(=O)COP(=O)(OC(C)(C)C)OC(C)(C)C)O3)cc2)c1. The van der Waals surface area contributed by atoms with Crippen LogP contribution >= 0.6 is 7.82 Å². The molecule has 418 valence electrons. The highest BCUT2D eigenvalue weighted by atomic mass is 31.2. The number of halogens is 2. The van der Waals surface area contributed by atoms with E-state index in [0.29, 0.717) is 43.4 Å². The number of amides is 1. The lowest BCUT2D eigenvalue weighted by Gasteiger charge is -2.63. The summed E-state index contributed by atoms with van der Waals surface area (Å²) in [6, 6.07) is 14.7. The number of nitrogens with one attached hydrogen (secondary N) is 1. The van der Waals surface area contributed by atoms with E-state index in [9.17, 15) is 28.8 Å². The van der Waals surface area contributed by atoms with Gasteiger partial charge in [-0.3, -0.25) is 37.5 Å². The summed E-state index contributed by atoms with van der Waals surface area (Å²) in [5, 5.41) is 15.2. The van der Waals surface area contributed by atoms with Crippen LogP contribution in [0.3, 0.4) is 0 Å². The predicted molar refractivity (Wildman–Crippen MR) is 281 cm³/mol. The number of esters is 1. The lowest BCUT2D eigenvalue weighted by atomic mass is 9.44. The Bertz CT molecular complexity index is 2620. The Balaban J connectivity index is 1.10. The van der Waals surface area contributed by atoms with Crippen molar-refractivity contribution in [2.45, 2.75) is 193 Å². The van der Waals surface area contributed by atoms with E-state index in [1.165, 1.54) is 19.1 Å². The second-order valence-corrected chi connectivity index (χ2v) is 26.4. The second-order valence-electron chi connectivity index (χ2n) is 24.9. The van der Waals surface area contributed by atoms with Gasteiger partial charge in [-0.1, -0.05) is 62.2 Å². The number of aliphatic hydroxyl groups excluding tert-OH is 1. The number of Topliss-reactive ketones (excluding diaryl/α,β-unsaturated/α-hetero) is 2. The highest BCUT2D eigenvalue weighted by molar-refractivity contribution is 7.48. The smallest absolute Gasteiger partial charge is 0.460 e. The van der Waals surface area contributed by atoms with Crippen LogP contribution in [-0.4, -0.2) is 93.9 Å². The number of anilines is 1. The molecule has 0 unspecified atom stereocenters. The molecule has 5 aliphatic rings. The first-order valence-corrected chi connectivity index (χ1v) is 28.1. The van der Waals surface area contributed by atoms with Crippen molar-refractivity contribution in [2.75, 3.05) is 18.5 Å². The summed E-state index contributed by atoms with van der Waals surface area (Å²) in [5.41, 5.74) is -1.56. The van der Waals surface area contributed by atoms with Crippen LogP contribution in [0.2, 0.25) is 0 Å². The van der Waals surface area contributed by atoms with Crippen LogP contribution in [0.25, 0.3) is 0 Å². The number of benzene rings is 2. The molecule has 4 N–H and O–H groups in total. The van der Waals surface area contributed by atoms with Gasteiger partial charge < -0.3 is 30.4 Å². The van der Waals surface area contributed by atoms with Crippen molar-refractivity contribution in [1.29, 1.82) is 0 Å². The minimum absolute atomic E-state index is 0.000325. The fourth-order valence-electron chi connectivity index (χ4n) is 12.5. The van der Waals surface area contributed by atoms with E-state index in [1.54, 1.807) is 66.7 Å². The lowest BCUT2D eigenvalue weighted by Crippen LogP contribution is -2.70. The van der Waals surface area contributed by atoms with Gasteiger partial charge in [0, 0.05) is 46.8 Å². The third-order valence-electron chi connectivity index (χ3n) is 15.7. The van der Waals surface area contributed by atoms with Gasteiger partial charge in [-0.05, 0) is 155 Å². The van der Waals surface area contributed by atoms with E-state index < -0.39 is 107 Å². The van der Waals surface area contributed by atoms with Gasteiger partial charge in [0.1, 0.15) is 24.2 Å². The number of rotatable bonds is 20. The number of hydrogen-bond donors (Lipinski definition) is 3. The molecule has 1 saturated heterocycles. The van der Waals surface area contributed by atoms with Crippen LogP contribution in [0.1, 0.15) is 157 Å². The van der Waals surface area contributed by atoms with E-state index in [0.717, 1.165) is 17.2 Å². The Kier molecular flexibility index (Phi) is 17.2. The number of alkyl halides is 2. The molecule has 3 saturated carbocycles. The summed E-state index contributed by atoms with van der Waals surface area (Å²) < 4.78 is 85.5. The number of phosphoric acid groups is 1. The zero-order valence-corrected chi connectivity index (χ0v) is 46.9. The van der Waals surface area contributed by atoms with Crippen LogP contribution in [0, 0.1) is 28.6 Å². The Morgan fingerprint density at radius 1 is 0.908 bits per heavy atom. The van der Waals surface area contributed by atoms with Gasteiger partial charge in [0.05, 0.1) is 30.0 Å². The van der Waals surface area contributed by atoms with Crippen molar-refractivity contribution >= 4 is 42.7 Å². The number of nitrogens with two attached hydrogens (primary N) is 1. The molecule has 0 bridgehead atoms. The maximum atomic E-state index is 18.2. The van der Waals surface area contributed by atoms with Gasteiger partial charge in [-0.2, -0.15) is 0 Å². The molecule has 2 aromatic rings. The number of ether oxygens (including phenoxy) is 3. The zero-order valence-electron chi connectivity index (χ0n) is 46.0. The average Bonchev–Trinajstić information content (AvgIpc) is 3.85. The molecule has 1 heterocycles. The van der Waals surface area contributed by atoms with Gasteiger partial charge in [-0.25, -0.2) is 13.3 Å². The van der Waals surface area contributed by atoms with Gasteiger partial charge >= 0.3 is 13.8 Å². The van der Waals surface area contributed by atoms with Crippen LogP contribution < -0.4 is 11.1 Å². The molecule has 0 radical (unpaired) electrons. The first-order valence-electron chi connectivity index (χ1n) is 26.7. The molecule has 0 spiro atoms. The minimum atomic E-state index is -4.45. The molecule has 2 aromatic carbocycles. The number of carbonyl (C=O) groups excluding carboxylic acids is 5. The number of carbonyl (C=O) groups is 5. The first kappa shape index (κ1) is 59.3. The van der Waals surface area contributed by atoms with E-state index in [-0.39, 0.29) is 61.9 Å². The average molecular weight is 1080 g/mol. The molecule has 7 rings (SSSR count). The maximum absolute atomic E-state index is 18.2. The number of aliphatic hydroxyl groups is 1. The van der Waals surface area contributed by atoms with Crippen LogP contribution in [0.4, 0.5) is 14.5 Å². The van der Waals surface area contributed by atoms with Crippen molar-refractivity contribution in [2.24, 2.45) is 34.3 Å². The summed E-state index contributed by atoms with van der Waals surface area (Å²) in [4.78, 5) is 65.9. The summed E-state index contributed by atoms with van der Waals surface area (Å²) in [6.45, 7) is 17.7. The maximum Gasteiger partial charge on any atom is 0.476 e. The highest BCUT2D eigenvalue weighted by Gasteiger charge is 2.80. The molecule has 11 atom stereocenters. The minimum Gasteiger partial charge on any atom is -0.460 e. The molecule has 15 nitrogen and oxygen atoms in total. The number of phosphoric ester groups is 1. The van der Waals surface area contributed by atoms with Crippen molar-refractivity contribution in [3.8, 4) is 0 Å². The monoisotopic (exact) mass is 1080 g/mol. The van der Waals surface area contributed by atoms with E-state index >= 15 is 13.6 Å². The Morgan fingerprint density at radius 2 is 1.58 bits per heavy atom. The third-order valence-corrected chi connectivity index (χ3v) is 17.7. The number of unbranched alkanes of at least 4 members (excludes halogenated alkanes) is 2. The summed E-state index contributed by atoms with van der Waals surface area (Å²) in [7, 11) is -4.45. The van der Waals surface area contributed by atoms with Crippen molar-refractivity contribution < 1.29 is 70.2 Å². The first-order chi connectivity index (χ1) is 35.2. The fraction of sp³-hybridized carbons (Fsp3) is 0.638. The molecule has 76 heavy (non-hydrogen) atoms. The van der Waals surface area contributed by atoms with Gasteiger partial charge in [0.2, 0.25) is 5.91 Å². The second kappa shape index (κ2) is 22.1. The van der Waals surface area contributed by atoms with Gasteiger partial charge in [0.25, 0.3) is 0 Å². The largest absolute Gasteiger partial charge is 0.476 e. The van der Waals surface area contributed by atoms with Gasteiger partial charge in [-0.15, -0.1) is 0 Å². The zero-order chi connectivity index (χ0) is 56.0. The van der Waals surface area contributed by atoms with E-state index in [4.69, 9.17) is 33.5 Å². The number of fused-ring (bicyclic) bond motifs is 7. The van der Waals surface area contributed by atoms with E-state index in [2.05, 4.69) is 5.32 Å². The highest BCUT2D eigenvalue weighted by Crippen LogP contribution is 2.73. The number of hydrogen-bond acceptors (Lipinski definition) is 14. The number of ketones is 3. The van der Waals surface area contributed by atoms with Crippen LogP contribution in [-0.2, 0) is 62.7 Å². The molecule has 1 amide bonds. The summed E-state index contributed by atoms with van der Waals surface area (Å²) in [6.07, 6.45) is 0.515. The molecule has 18 heteroatoms. The molecular weight excluding hydrogens is 1000 g/mol. The fourth-order valence-corrected chi connectivity index (χ4v) is 14.3. The Morgan fingerprint density at radius 3 is 2.21 bits per heavy atom. The van der Waals surface area contributed by atoms with Crippen molar-refractivity contribution in [3.63, 3.8) is 0 Å². The molecule has 1 aliphatic heterocycles. The molecular formula is C58H79F2N2O13P. The lowest BCUT2D eigenvalue weighted by molar-refractivity contribution is -0.235. The molecule has 4 fully saturated rings. The Labute approximate surface area is 446 Å². The van der Waals surface area contributed by atoms with E-state index in [1.807, 2.05) is 51.1 Å². The Hall–Kier alpha value is -4.32. The number of allylic oxidation sites excluding steroid dienone is 4. The topological polar surface area (TPSA) is 216 Å². The van der Waals surface area contributed by atoms with Crippen molar-refractivity contribution in [3.05, 3.63) is 89.0 Å². The van der Waals surface area contributed by atoms with Crippen LogP contribution in [0.15, 0.2) is 72.3 Å². The molecule has 0 aromatic heterocycles. The summed E-state index contributed by atoms with van der Waals surface area (Å²) in [5.74, 6) is -4.49. The quantitative estimate of drug-likeness (QED) is 0.0639. The third kappa shape index (κ3) is 12.4. The molecule has 4 aliphatic carbocycles. The van der Waals surface area contributed by atoms with Crippen molar-refractivity contribution in [1.82, 2.24) is 0 Å². The predicted octanol–water partition coefficient (Wildman–Crippen LogP) is 10.4. The van der Waals surface area contributed by atoms with Crippen LogP contribution in [0.5, 0.6) is 0 Å². The summed E-state index contributed by atoms with van der Waals surface area (Å²) >= 11 is 0. The standard InChI is InChI=1S/C58H79F2N2O13P/c1-52(2,3)72-49(67)19-14-12-13-17-38(28-41(64)33-61)50(68)62-39-18-15-16-36(27-39)26-35-20-22-37(23-21-35)51-71-48-31-42-43-30-45(59)44-29-40(63)24-25-55(44,10)57(43,60)46(65)32-56(42,11)58(48,73-51)47(66)34-70-76(69,74-53(4,5)6)75-54(7,8)9/h15-16,18,20-25,27,29,38,42-43,45-46,48,51,65H,12-14,17,19,26,28,30-34,61H2,1-11H3,(H,62,68)/t38-,42+,43+,45+,46+,48-,51-,55+,56+,57+,58-/m1/s1.